The number of thiophene rings is 1. The first-order chi connectivity index (χ1) is 10.4. The fraction of sp³-hybridized carbons (Fsp3) is 0.0714. The molecule has 1 aliphatic heterocycles. The zero-order valence-corrected chi connectivity index (χ0v) is 11.8. The third-order valence-corrected chi connectivity index (χ3v) is 3.97. The highest BCUT2D eigenvalue weighted by Gasteiger charge is 2.18. The first-order valence-corrected chi connectivity index (χ1v) is 7.38. The molecular formula is C14H12N6S. The van der Waals surface area contributed by atoms with Gasteiger partial charge in [0, 0.05) is 15.8 Å². The second-order valence-corrected chi connectivity index (χ2v) is 5.54. The van der Waals surface area contributed by atoms with Gasteiger partial charge < -0.3 is 10.3 Å². The highest BCUT2D eigenvalue weighted by Crippen LogP contribution is 2.36. The lowest BCUT2D eigenvalue weighted by Gasteiger charge is -2.16. The van der Waals surface area contributed by atoms with Gasteiger partial charge in [-0.15, -0.1) is 21.6 Å². The Labute approximate surface area is 124 Å². The van der Waals surface area contributed by atoms with Crippen molar-refractivity contribution < 1.29 is 0 Å². The Kier molecular flexibility index (Phi) is 2.89. The summed E-state index contributed by atoms with van der Waals surface area (Å²) in [6, 6.07) is 12.0. The minimum absolute atomic E-state index is 0.373. The van der Waals surface area contributed by atoms with E-state index in [1.807, 2.05) is 41.8 Å². The van der Waals surface area contributed by atoms with Gasteiger partial charge in [0.15, 0.2) is 0 Å². The van der Waals surface area contributed by atoms with Gasteiger partial charge in [-0.25, -0.2) is 0 Å². The molecule has 0 aliphatic carbocycles. The number of H-pyrrole nitrogens is 1. The molecule has 0 radical (unpaired) electrons. The van der Waals surface area contributed by atoms with Gasteiger partial charge in [0.2, 0.25) is 6.29 Å². The first-order valence-electron chi connectivity index (χ1n) is 6.50. The van der Waals surface area contributed by atoms with Crippen LogP contribution in [0.2, 0.25) is 0 Å². The van der Waals surface area contributed by atoms with Gasteiger partial charge >= 0.3 is 0 Å². The lowest BCUT2D eigenvalue weighted by molar-refractivity contribution is 0.579. The summed E-state index contributed by atoms with van der Waals surface area (Å²) in [5.41, 5.74) is 4.81. The van der Waals surface area contributed by atoms with Crippen LogP contribution in [0.25, 0.3) is 10.9 Å². The lowest BCUT2D eigenvalue weighted by Crippen LogP contribution is -2.31. The van der Waals surface area contributed by atoms with Crippen molar-refractivity contribution in [3.63, 3.8) is 0 Å². The predicted octanol–water partition coefficient (Wildman–Crippen LogP) is 3.65. The summed E-state index contributed by atoms with van der Waals surface area (Å²) in [6.07, 6.45) is 1.39. The molecule has 0 bridgehead atoms. The number of benzene rings is 1. The number of hydrazone groups is 1. The van der Waals surface area contributed by atoms with Crippen LogP contribution in [0.3, 0.4) is 0 Å². The van der Waals surface area contributed by atoms with Gasteiger partial charge in [-0.1, -0.05) is 24.3 Å². The summed E-state index contributed by atoms with van der Waals surface area (Å²) in [6.45, 7) is 0. The van der Waals surface area contributed by atoms with Gasteiger partial charge in [-0.2, -0.15) is 5.10 Å². The molecule has 104 valence electrons. The summed E-state index contributed by atoms with van der Waals surface area (Å²) < 4.78 is 0. The van der Waals surface area contributed by atoms with Crippen LogP contribution in [0, 0.1) is 0 Å². The number of hydrogen-bond acceptors (Lipinski definition) is 6. The van der Waals surface area contributed by atoms with Gasteiger partial charge in [0.25, 0.3) is 0 Å². The van der Waals surface area contributed by atoms with Crippen molar-refractivity contribution >= 4 is 40.0 Å². The molecular weight excluding hydrogens is 284 g/mol. The molecule has 0 saturated heterocycles. The number of anilines is 1. The topological polar surface area (TPSA) is 76.9 Å². The summed E-state index contributed by atoms with van der Waals surface area (Å²) in [5, 5.41) is 18.9. The Hall–Kier alpha value is -2.67. The van der Waals surface area contributed by atoms with Crippen LogP contribution in [0.5, 0.6) is 0 Å². The third-order valence-electron chi connectivity index (χ3n) is 3.16. The quantitative estimate of drug-likeness (QED) is 0.509. The Bertz CT molecular complexity index is 817. The number of nitrogens with zero attached hydrogens (tertiary/aromatic N) is 3. The number of aromatic amines is 1. The average molecular weight is 296 g/mol. The Morgan fingerprint density at radius 3 is 3.10 bits per heavy atom. The molecule has 1 unspecified atom stereocenters. The van der Waals surface area contributed by atoms with E-state index >= 15 is 0 Å². The van der Waals surface area contributed by atoms with Crippen molar-refractivity contribution in [1.82, 2.24) is 10.4 Å². The molecule has 7 heteroatoms. The molecule has 0 spiro atoms. The molecule has 0 saturated carbocycles. The van der Waals surface area contributed by atoms with E-state index in [1.165, 1.54) is 0 Å². The second-order valence-electron chi connectivity index (χ2n) is 4.56. The van der Waals surface area contributed by atoms with E-state index in [-0.39, 0.29) is 6.29 Å². The number of azo groups is 1. The Balaban J connectivity index is 1.52. The molecule has 1 atom stereocenters. The number of hydrogen-bond donors (Lipinski definition) is 3. The molecule has 6 nitrogen and oxygen atoms in total. The number of nitrogens with one attached hydrogen (secondary N) is 3. The number of fused-ring (bicyclic) bond motifs is 3. The zero-order valence-electron chi connectivity index (χ0n) is 10.9. The van der Waals surface area contributed by atoms with Crippen molar-refractivity contribution in [2.45, 2.75) is 6.29 Å². The Morgan fingerprint density at radius 1 is 1.24 bits per heavy atom. The standard InChI is InChI=1S/C14H12N6S/c1-2-6-11-10(5-1)12-13(16-11)17-14(20-18-12)19-15-8-9-4-3-7-21-9/h1-8,14,16-17,19H. The van der Waals surface area contributed by atoms with Crippen LogP contribution >= 0.6 is 11.3 Å². The van der Waals surface area contributed by atoms with Gasteiger partial charge in [-0.05, 0) is 17.5 Å². The molecule has 0 amide bonds. The Morgan fingerprint density at radius 2 is 2.19 bits per heavy atom. The fourth-order valence-electron chi connectivity index (χ4n) is 2.21. The van der Waals surface area contributed by atoms with Crippen LogP contribution in [-0.2, 0) is 0 Å². The summed E-state index contributed by atoms with van der Waals surface area (Å²) in [5.74, 6) is 0.857. The first kappa shape index (κ1) is 12.1. The fourth-order valence-corrected chi connectivity index (χ4v) is 2.80. The van der Waals surface area contributed by atoms with E-state index < -0.39 is 0 Å². The molecule has 2 aromatic heterocycles. The van der Waals surface area contributed by atoms with E-state index in [4.69, 9.17) is 0 Å². The maximum atomic E-state index is 4.28. The second kappa shape index (κ2) is 5.02. The van der Waals surface area contributed by atoms with Crippen LogP contribution in [0.1, 0.15) is 4.88 Å². The van der Waals surface area contributed by atoms with Crippen molar-refractivity contribution in [2.24, 2.45) is 15.3 Å². The van der Waals surface area contributed by atoms with Gasteiger partial charge in [0.1, 0.15) is 11.5 Å². The van der Waals surface area contributed by atoms with E-state index in [9.17, 15) is 0 Å². The zero-order chi connectivity index (χ0) is 14.1. The van der Waals surface area contributed by atoms with Crippen LogP contribution in [0.4, 0.5) is 11.5 Å². The number of aromatic nitrogens is 1. The summed E-state index contributed by atoms with van der Waals surface area (Å²) >= 11 is 1.63. The van der Waals surface area contributed by atoms with Crippen LogP contribution in [0.15, 0.2) is 57.1 Å². The average Bonchev–Trinajstić information content (AvgIpc) is 3.13. The smallest absolute Gasteiger partial charge is 0.229 e. The molecule has 1 aliphatic rings. The van der Waals surface area contributed by atoms with E-state index in [2.05, 4.69) is 31.1 Å². The minimum atomic E-state index is -0.373. The molecule has 3 heterocycles. The van der Waals surface area contributed by atoms with Crippen molar-refractivity contribution in [3.8, 4) is 0 Å². The number of para-hydroxylation sites is 1. The highest BCUT2D eigenvalue weighted by molar-refractivity contribution is 7.11. The van der Waals surface area contributed by atoms with Crippen LogP contribution < -0.4 is 10.7 Å². The van der Waals surface area contributed by atoms with E-state index in [1.54, 1.807) is 17.6 Å². The summed E-state index contributed by atoms with van der Waals surface area (Å²) in [4.78, 5) is 4.38. The van der Waals surface area contributed by atoms with Crippen molar-refractivity contribution in [3.05, 3.63) is 46.7 Å². The summed E-state index contributed by atoms with van der Waals surface area (Å²) in [7, 11) is 0. The van der Waals surface area contributed by atoms with Crippen LogP contribution in [-0.4, -0.2) is 17.5 Å². The van der Waals surface area contributed by atoms with E-state index in [0.29, 0.717) is 0 Å². The molecule has 4 rings (SSSR count). The predicted molar refractivity (Wildman–Crippen MR) is 85.3 cm³/mol. The largest absolute Gasteiger partial charge is 0.340 e. The minimum Gasteiger partial charge on any atom is -0.340 e. The van der Waals surface area contributed by atoms with E-state index in [0.717, 1.165) is 27.3 Å². The molecule has 1 aromatic carbocycles. The third kappa shape index (κ3) is 2.27. The normalized spacial score (nSPS) is 17.0. The van der Waals surface area contributed by atoms with Crippen molar-refractivity contribution in [2.75, 3.05) is 5.32 Å². The monoisotopic (exact) mass is 296 g/mol. The highest BCUT2D eigenvalue weighted by atomic mass is 32.1. The molecule has 3 aromatic rings. The number of rotatable bonds is 3. The molecule has 0 fully saturated rings. The molecule has 3 N–H and O–H groups in total. The lowest BCUT2D eigenvalue weighted by atomic mass is 10.2. The maximum Gasteiger partial charge on any atom is 0.229 e. The van der Waals surface area contributed by atoms with Gasteiger partial charge in [-0.3, -0.25) is 5.43 Å². The SMILES string of the molecule is C(=NNC1N=Nc2c([nH]c3ccccc23)N1)c1cccs1. The maximum absolute atomic E-state index is 4.28. The van der Waals surface area contributed by atoms with Gasteiger partial charge in [0.05, 0.1) is 6.21 Å². The van der Waals surface area contributed by atoms with Crippen molar-refractivity contribution in [1.29, 1.82) is 0 Å². The molecule has 21 heavy (non-hydrogen) atoms.